The van der Waals surface area contributed by atoms with Crippen LogP contribution in [0.15, 0.2) is 146 Å². The summed E-state index contributed by atoms with van der Waals surface area (Å²) in [6.07, 6.45) is 0. The Labute approximate surface area is 211 Å². The molecule has 0 aliphatic carbocycles. The lowest BCUT2D eigenvalue weighted by atomic mass is 9.90. The molecule has 0 unspecified atom stereocenters. The highest BCUT2D eigenvalue weighted by Gasteiger charge is 2.11. The minimum atomic E-state index is 1.24. The van der Waals surface area contributed by atoms with Gasteiger partial charge in [0.2, 0.25) is 0 Å². The van der Waals surface area contributed by atoms with E-state index in [2.05, 4.69) is 146 Å². The lowest BCUT2D eigenvalue weighted by Gasteiger charge is -2.14. The Morgan fingerprint density at radius 2 is 0.833 bits per heavy atom. The molecule has 0 heterocycles. The first-order valence-electron chi connectivity index (χ1n) is 12.4. The standard InChI is InChI=1S/C36H24/c1-2-8-25(9-3-1)31-20-21-34-33-13-7-6-12-32(33)24-35(36(34)23-31)28-17-14-27(15-18-28)30-19-16-26-10-4-5-11-29(26)22-30/h1-24H. The fourth-order valence-electron chi connectivity index (χ4n) is 5.36. The smallest absolute Gasteiger partial charge is 0.00928 e. The minimum Gasteiger partial charge on any atom is -0.0622 e. The van der Waals surface area contributed by atoms with Gasteiger partial charge in [0, 0.05) is 0 Å². The zero-order valence-electron chi connectivity index (χ0n) is 19.9. The summed E-state index contributed by atoms with van der Waals surface area (Å²) in [7, 11) is 0. The van der Waals surface area contributed by atoms with Crippen molar-refractivity contribution < 1.29 is 0 Å². The van der Waals surface area contributed by atoms with Gasteiger partial charge in [-0.15, -0.1) is 0 Å². The molecule has 0 aliphatic rings. The van der Waals surface area contributed by atoms with Crippen molar-refractivity contribution in [1.82, 2.24) is 0 Å². The van der Waals surface area contributed by atoms with Crippen LogP contribution < -0.4 is 0 Å². The van der Waals surface area contributed by atoms with Gasteiger partial charge in [-0.1, -0.05) is 127 Å². The quantitative estimate of drug-likeness (QED) is 0.232. The Hall–Kier alpha value is -4.68. The van der Waals surface area contributed by atoms with Crippen LogP contribution in [0.1, 0.15) is 0 Å². The van der Waals surface area contributed by atoms with Crippen LogP contribution in [0.4, 0.5) is 0 Å². The van der Waals surface area contributed by atoms with Crippen LogP contribution >= 0.6 is 0 Å². The van der Waals surface area contributed by atoms with E-state index in [4.69, 9.17) is 0 Å². The molecule has 0 aromatic heterocycles. The highest BCUT2D eigenvalue weighted by atomic mass is 14.1. The van der Waals surface area contributed by atoms with E-state index in [1.165, 1.54) is 65.7 Å². The molecule has 0 atom stereocenters. The summed E-state index contributed by atoms with van der Waals surface area (Å²) >= 11 is 0. The van der Waals surface area contributed by atoms with Crippen molar-refractivity contribution in [3.63, 3.8) is 0 Å². The van der Waals surface area contributed by atoms with Gasteiger partial charge in [-0.3, -0.25) is 0 Å². The van der Waals surface area contributed by atoms with Crippen molar-refractivity contribution in [1.29, 1.82) is 0 Å². The third-order valence-corrected chi connectivity index (χ3v) is 7.25. The van der Waals surface area contributed by atoms with Crippen LogP contribution in [0, 0.1) is 0 Å². The maximum Gasteiger partial charge on any atom is -0.00928 e. The van der Waals surface area contributed by atoms with Gasteiger partial charge in [-0.25, -0.2) is 0 Å². The summed E-state index contributed by atoms with van der Waals surface area (Å²) in [5.74, 6) is 0. The second-order valence-electron chi connectivity index (χ2n) is 9.41. The van der Waals surface area contributed by atoms with Crippen LogP contribution in [-0.2, 0) is 0 Å². The monoisotopic (exact) mass is 456 g/mol. The van der Waals surface area contributed by atoms with Gasteiger partial charge in [0.05, 0.1) is 0 Å². The van der Waals surface area contributed by atoms with Gasteiger partial charge in [0.25, 0.3) is 0 Å². The normalized spacial score (nSPS) is 11.3. The fraction of sp³-hybridized carbons (Fsp3) is 0. The maximum absolute atomic E-state index is 2.35. The number of hydrogen-bond donors (Lipinski definition) is 0. The molecule has 7 rings (SSSR count). The van der Waals surface area contributed by atoms with Crippen LogP contribution in [0.5, 0.6) is 0 Å². The molecule has 0 saturated carbocycles. The van der Waals surface area contributed by atoms with Crippen LogP contribution in [0.3, 0.4) is 0 Å². The molecule has 0 nitrogen and oxygen atoms in total. The zero-order chi connectivity index (χ0) is 23.9. The van der Waals surface area contributed by atoms with E-state index in [9.17, 15) is 0 Å². The molecule has 36 heavy (non-hydrogen) atoms. The molecule has 0 aliphatic heterocycles. The highest BCUT2D eigenvalue weighted by molar-refractivity contribution is 6.14. The third-order valence-electron chi connectivity index (χ3n) is 7.25. The molecule has 0 saturated heterocycles. The molecule has 0 radical (unpaired) electrons. The van der Waals surface area contributed by atoms with Crippen molar-refractivity contribution in [3.05, 3.63) is 146 Å². The molecule has 7 aromatic carbocycles. The van der Waals surface area contributed by atoms with Crippen molar-refractivity contribution in [2.75, 3.05) is 0 Å². The number of rotatable bonds is 3. The first-order chi connectivity index (χ1) is 17.8. The summed E-state index contributed by atoms with van der Waals surface area (Å²) in [6, 6.07) is 52.8. The Morgan fingerprint density at radius 3 is 1.67 bits per heavy atom. The lowest BCUT2D eigenvalue weighted by Crippen LogP contribution is -1.87. The van der Waals surface area contributed by atoms with E-state index in [1.54, 1.807) is 0 Å². The highest BCUT2D eigenvalue weighted by Crippen LogP contribution is 2.38. The van der Waals surface area contributed by atoms with E-state index in [1.807, 2.05) is 0 Å². The van der Waals surface area contributed by atoms with Gasteiger partial charge in [-0.2, -0.15) is 0 Å². The average Bonchev–Trinajstić information content (AvgIpc) is 2.97. The topological polar surface area (TPSA) is 0 Å². The first-order valence-corrected chi connectivity index (χ1v) is 12.4. The second kappa shape index (κ2) is 8.52. The van der Waals surface area contributed by atoms with E-state index in [0.717, 1.165) is 0 Å². The van der Waals surface area contributed by atoms with Gasteiger partial charge in [0.15, 0.2) is 0 Å². The van der Waals surface area contributed by atoms with E-state index in [0.29, 0.717) is 0 Å². The third kappa shape index (κ3) is 3.56. The summed E-state index contributed by atoms with van der Waals surface area (Å²) in [4.78, 5) is 0. The van der Waals surface area contributed by atoms with Gasteiger partial charge in [0.1, 0.15) is 0 Å². The van der Waals surface area contributed by atoms with Crippen molar-refractivity contribution >= 4 is 32.3 Å². The summed E-state index contributed by atoms with van der Waals surface area (Å²) in [6.45, 7) is 0. The summed E-state index contributed by atoms with van der Waals surface area (Å²) in [5, 5.41) is 7.69. The summed E-state index contributed by atoms with van der Waals surface area (Å²) < 4.78 is 0. The van der Waals surface area contributed by atoms with Crippen LogP contribution in [-0.4, -0.2) is 0 Å². The van der Waals surface area contributed by atoms with Gasteiger partial charge in [-0.05, 0) is 83.9 Å². The first kappa shape index (κ1) is 20.7. The molecular weight excluding hydrogens is 432 g/mol. The average molecular weight is 457 g/mol. The van der Waals surface area contributed by atoms with Crippen LogP contribution in [0.25, 0.3) is 65.7 Å². The Balaban J connectivity index is 1.39. The molecule has 0 spiro atoms. The van der Waals surface area contributed by atoms with E-state index in [-0.39, 0.29) is 0 Å². The SMILES string of the molecule is c1ccc(-c2ccc3c(c2)c(-c2ccc(-c4ccc5ccccc5c4)cc2)cc2ccccc23)cc1. The number of hydrogen-bond acceptors (Lipinski definition) is 0. The lowest BCUT2D eigenvalue weighted by molar-refractivity contribution is 1.62. The molecule has 0 bridgehead atoms. The van der Waals surface area contributed by atoms with E-state index >= 15 is 0 Å². The molecule has 0 heteroatoms. The Kier molecular flexibility index (Phi) is 4.89. The molecular formula is C36H24. The molecule has 168 valence electrons. The van der Waals surface area contributed by atoms with Crippen molar-refractivity contribution in [2.45, 2.75) is 0 Å². The number of benzene rings is 7. The van der Waals surface area contributed by atoms with Gasteiger partial charge >= 0.3 is 0 Å². The molecule has 0 N–H and O–H groups in total. The molecule has 0 amide bonds. The zero-order valence-corrected chi connectivity index (χ0v) is 19.9. The Bertz CT molecular complexity index is 1860. The maximum atomic E-state index is 2.35. The second-order valence-corrected chi connectivity index (χ2v) is 9.41. The van der Waals surface area contributed by atoms with Crippen molar-refractivity contribution in [3.8, 4) is 33.4 Å². The predicted octanol–water partition coefficient (Wildman–Crippen LogP) is 10.1. The molecule has 7 aromatic rings. The van der Waals surface area contributed by atoms with Crippen molar-refractivity contribution in [2.24, 2.45) is 0 Å². The van der Waals surface area contributed by atoms with E-state index < -0.39 is 0 Å². The molecule has 0 fully saturated rings. The number of fused-ring (bicyclic) bond motifs is 4. The predicted molar refractivity (Wildman–Crippen MR) is 155 cm³/mol. The minimum absolute atomic E-state index is 1.24. The van der Waals surface area contributed by atoms with Gasteiger partial charge < -0.3 is 0 Å². The van der Waals surface area contributed by atoms with Crippen LogP contribution in [0.2, 0.25) is 0 Å². The summed E-state index contributed by atoms with van der Waals surface area (Å²) in [5.41, 5.74) is 7.47. The fourth-order valence-corrected chi connectivity index (χ4v) is 5.36. The largest absolute Gasteiger partial charge is 0.0622 e. The Morgan fingerprint density at radius 1 is 0.250 bits per heavy atom.